The molecule has 5 nitrogen and oxygen atoms in total. The van der Waals surface area contributed by atoms with E-state index >= 15 is 0 Å². The number of benzene rings is 1. The van der Waals surface area contributed by atoms with Gasteiger partial charge in [0.05, 0.1) is 0 Å². The molecule has 2 N–H and O–H groups in total. The SMILES string of the molecule is CCN1CCN(c2ccc(NC(=S)NC(C)=O)cc2)CC1. The molecule has 2 rings (SSSR count). The van der Waals surface area contributed by atoms with Crippen molar-refractivity contribution in [1.82, 2.24) is 10.2 Å². The minimum absolute atomic E-state index is 0.169. The van der Waals surface area contributed by atoms with Gasteiger partial charge in [0.1, 0.15) is 0 Å². The molecule has 1 heterocycles. The Hall–Kier alpha value is -1.66. The van der Waals surface area contributed by atoms with E-state index in [9.17, 15) is 4.79 Å². The summed E-state index contributed by atoms with van der Waals surface area (Å²) in [7, 11) is 0. The topological polar surface area (TPSA) is 47.6 Å². The standard InChI is InChI=1S/C15H22N4OS/c1-3-18-8-10-19(11-9-18)14-6-4-13(5-7-14)17-15(21)16-12(2)20/h4-7H,3,8-11H2,1-2H3,(H2,16,17,20,21). The number of piperazine rings is 1. The molecule has 0 radical (unpaired) electrons. The lowest BCUT2D eigenvalue weighted by Gasteiger charge is -2.35. The molecule has 1 aromatic rings. The number of hydrogen-bond acceptors (Lipinski definition) is 4. The van der Waals surface area contributed by atoms with Gasteiger partial charge in [0.25, 0.3) is 0 Å². The lowest BCUT2D eigenvalue weighted by atomic mass is 10.2. The summed E-state index contributed by atoms with van der Waals surface area (Å²) >= 11 is 5.04. The van der Waals surface area contributed by atoms with Crippen LogP contribution in [0.4, 0.5) is 11.4 Å². The third-order valence-corrected chi connectivity index (χ3v) is 3.80. The molecule has 1 aliphatic heterocycles. The first-order valence-corrected chi connectivity index (χ1v) is 7.65. The average molecular weight is 306 g/mol. The van der Waals surface area contributed by atoms with Crippen molar-refractivity contribution in [3.8, 4) is 0 Å². The van der Waals surface area contributed by atoms with Gasteiger partial charge in [-0.05, 0) is 43.0 Å². The average Bonchev–Trinajstić information content (AvgIpc) is 2.47. The van der Waals surface area contributed by atoms with Crippen molar-refractivity contribution in [1.29, 1.82) is 0 Å². The predicted molar refractivity (Wildman–Crippen MR) is 90.8 cm³/mol. The number of rotatable bonds is 3. The van der Waals surface area contributed by atoms with E-state index in [4.69, 9.17) is 12.2 Å². The van der Waals surface area contributed by atoms with Gasteiger partial charge in [-0.15, -0.1) is 0 Å². The second-order valence-electron chi connectivity index (χ2n) is 5.10. The zero-order valence-electron chi connectivity index (χ0n) is 12.6. The minimum atomic E-state index is -0.169. The molecule has 1 amide bonds. The summed E-state index contributed by atoms with van der Waals surface area (Å²) < 4.78 is 0. The molecule has 114 valence electrons. The molecule has 0 aliphatic carbocycles. The molecule has 21 heavy (non-hydrogen) atoms. The normalized spacial score (nSPS) is 15.6. The van der Waals surface area contributed by atoms with E-state index in [0.717, 1.165) is 38.4 Å². The molecule has 1 aromatic carbocycles. The number of hydrogen-bond donors (Lipinski definition) is 2. The highest BCUT2D eigenvalue weighted by Crippen LogP contribution is 2.19. The van der Waals surface area contributed by atoms with Gasteiger partial charge in [0.15, 0.2) is 5.11 Å². The predicted octanol–water partition coefficient (Wildman–Crippen LogP) is 1.66. The minimum Gasteiger partial charge on any atom is -0.369 e. The molecule has 0 atom stereocenters. The largest absolute Gasteiger partial charge is 0.369 e. The van der Waals surface area contributed by atoms with Gasteiger partial charge >= 0.3 is 0 Å². The molecule has 1 saturated heterocycles. The summed E-state index contributed by atoms with van der Waals surface area (Å²) in [6, 6.07) is 8.13. The van der Waals surface area contributed by atoms with Gasteiger partial charge in [0.2, 0.25) is 5.91 Å². The fourth-order valence-electron chi connectivity index (χ4n) is 2.40. The summed E-state index contributed by atoms with van der Waals surface area (Å²) in [5.41, 5.74) is 2.10. The van der Waals surface area contributed by atoms with Crippen molar-refractivity contribution in [3.63, 3.8) is 0 Å². The maximum Gasteiger partial charge on any atom is 0.222 e. The molecule has 0 aromatic heterocycles. The number of anilines is 2. The molecule has 0 unspecified atom stereocenters. The Labute approximate surface area is 131 Å². The number of carbonyl (C=O) groups excluding carboxylic acids is 1. The first-order chi connectivity index (χ1) is 10.1. The Balaban J connectivity index is 1.90. The van der Waals surface area contributed by atoms with Crippen LogP contribution in [-0.2, 0) is 4.79 Å². The monoisotopic (exact) mass is 306 g/mol. The maximum absolute atomic E-state index is 10.9. The van der Waals surface area contributed by atoms with Crippen molar-refractivity contribution in [2.75, 3.05) is 42.9 Å². The van der Waals surface area contributed by atoms with Crippen LogP contribution in [0.5, 0.6) is 0 Å². The summed E-state index contributed by atoms with van der Waals surface area (Å²) in [5, 5.41) is 5.86. The number of amides is 1. The smallest absolute Gasteiger partial charge is 0.222 e. The van der Waals surface area contributed by atoms with Crippen molar-refractivity contribution < 1.29 is 4.79 Å². The number of nitrogens with one attached hydrogen (secondary N) is 2. The zero-order chi connectivity index (χ0) is 15.2. The Bertz CT molecular complexity index is 495. The molecule has 1 fully saturated rings. The lowest BCUT2D eigenvalue weighted by molar-refractivity contribution is -0.117. The fraction of sp³-hybridized carbons (Fsp3) is 0.467. The zero-order valence-corrected chi connectivity index (χ0v) is 13.4. The van der Waals surface area contributed by atoms with Crippen LogP contribution in [-0.4, -0.2) is 48.6 Å². The second kappa shape index (κ2) is 7.38. The van der Waals surface area contributed by atoms with Crippen LogP contribution >= 0.6 is 12.2 Å². The van der Waals surface area contributed by atoms with Crippen LogP contribution in [0, 0.1) is 0 Å². The Morgan fingerprint density at radius 3 is 2.33 bits per heavy atom. The Kier molecular flexibility index (Phi) is 5.52. The number of carbonyl (C=O) groups is 1. The Morgan fingerprint density at radius 1 is 1.19 bits per heavy atom. The van der Waals surface area contributed by atoms with Crippen LogP contribution in [0.3, 0.4) is 0 Å². The molecule has 0 saturated carbocycles. The van der Waals surface area contributed by atoms with Gasteiger partial charge in [-0.3, -0.25) is 4.79 Å². The molecule has 0 spiro atoms. The van der Waals surface area contributed by atoms with Crippen molar-refractivity contribution >= 4 is 34.6 Å². The van der Waals surface area contributed by atoms with E-state index in [-0.39, 0.29) is 5.91 Å². The first-order valence-electron chi connectivity index (χ1n) is 7.24. The van der Waals surface area contributed by atoms with E-state index in [1.54, 1.807) is 0 Å². The highest BCUT2D eigenvalue weighted by Gasteiger charge is 2.15. The van der Waals surface area contributed by atoms with Gasteiger partial charge in [-0.1, -0.05) is 6.92 Å². The highest BCUT2D eigenvalue weighted by molar-refractivity contribution is 7.80. The van der Waals surface area contributed by atoms with Crippen LogP contribution in [0.2, 0.25) is 0 Å². The third kappa shape index (κ3) is 4.68. The van der Waals surface area contributed by atoms with E-state index in [1.165, 1.54) is 12.6 Å². The van der Waals surface area contributed by atoms with Crippen LogP contribution in [0.1, 0.15) is 13.8 Å². The fourth-order valence-corrected chi connectivity index (χ4v) is 2.66. The molecule has 6 heteroatoms. The second-order valence-corrected chi connectivity index (χ2v) is 5.51. The number of nitrogens with zero attached hydrogens (tertiary/aromatic N) is 2. The first kappa shape index (κ1) is 15.7. The van der Waals surface area contributed by atoms with E-state index in [1.807, 2.05) is 12.1 Å². The van der Waals surface area contributed by atoms with E-state index in [0.29, 0.717) is 5.11 Å². The van der Waals surface area contributed by atoms with Gasteiger partial charge in [-0.25, -0.2) is 0 Å². The van der Waals surface area contributed by atoms with Gasteiger partial charge < -0.3 is 20.4 Å². The highest BCUT2D eigenvalue weighted by atomic mass is 32.1. The number of thiocarbonyl (C=S) groups is 1. The maximum atomic E-state index is 10.9. The van der Waals surface area contributed by atoms with E-state index < -0.39 is 0 Å². The summed E-state index contributed by atoms with van der Waals surface area (Å²) in [5.74, 6) is -0.169. The van der Waals surface area contributed by atoms with Crippen molar-refractivity contribution in [3.05, 3.63) is 24.3 Å². The summed E-state index contributed by atoms with van der Waals surface area (Å²) in [4.78, 5) is 15.8. The van der Waals surface area contributed by atoms with Crippen molar-refractivity contribution in [2.24, 2.45) is 0 Å². The van der Waals surface area contributed by atoms with Crippen LogP contribution in [0.25, 0.3) is 0 Å². The Morgan fingerprint density at radius 2 is 1.81 bits per heavy atom. The lowest BCUT2D eigenvalue weighted by Crippen LogP contribution is -2.46. The number of likely N-dealkylation sites (N-methyl/N-ethyl adjacent to an activating group) is 1. The molecular formula is C15H22N4OS. The molecule has 1 aliphatic rings. The van der Waals surface area contributed by atoms with Crippen LogP contribution < -0.4 is 15.5 Å². The van der Waals surface area contributed by atoms with E-state index in [2.05, 4.69) is 39.5 Å². The van der Waals surface area contributed by atoms with Crippen molar-refractivity contribution in [2.45, 2.75) is 13.8 Å². The molecule has 0 bridgehead atoms. The summed E-state index contributed by atoms with van der Waals surface area (Å²) in [6.45, 7) is 9.11. The third-order valence-electron chi connectivity index (χ3n) is 3.60. The van der Waals surface area contributed by atoms with Gasteiger partial charge in [-0.2, -0.15) is 0 Å². The quantitative estimate of drug-likeness (QED) is 0.832. The van der Waals surface area contributed by atoms with Crippen LogP contribution in [0.15, 0.2) is 24.3 Å². The summed E-state index contributed by atoms with van der Waals surface area (Å²) in [6.07, 6.45) is 0. The molecular weight excluding hydrogens is 284 g/mol. The van der Waals surface area contributed by atoms with Gasteiger partial charge in [0, 0.05) is 44.5 Å².